The molecule has 0 fully saturated rings. The highest BCUT2D eigenvalue weighted by Crippen LogP contribution is 2.18. The molecule has 5 heteroatoms. The van der Waals surface area contributed by atoms with Crippen LogP contribution in [-0.4, -0.2) is 27.4 Å². The van der Waals surface area contributed by atoms with Crippen LogP contribution in [0.1, 0.15) is 35.9 Å². The third-order valence-corrected chi connectivity index (χ3v) is 3.29. The lowest BCUT2D eigenvalue weighted by atomic mass is 10.2. The van der Waals surface area contributed by atoms with Crippen LogP contribution < -0.4 is 4.90 Å². The second-order valence-electron chi connectivity index (χ2n) is 4.97. The van der Waals surface area contributed by atoms with E-state index in [-0.39, 0.29) is 0 Å². The zero-order chi connectivity index (χ0) is 13.8. The zero-order valence-corrected chi connectivity index (χ0v) is 12.1. The van der Waals surface area contributed by atoms with Crippen molar-refractivity contribution in [1.29, 1.82) is 0 Å². The number of anilines is 1. The Morgan fingerprint density at radius 2 is 2.11 bits per heavy atom. The molecule has 0 aliphatic carbocycles. The molecule has 5 nitrogen and oxygen atoms in total. The maximum Gasteiger partial charge on any atom is 0.154 e. The predicted molar refractivity (Wildman–Crippen MR) is 76.2 cm³/mol. The predicted octanol–water partition coefficient (Wildman–Crippen LogP) is 2.41. The maximum atomic E-state index is 4.30. The Morgan fingerprint density at radius 1 is 1.32 bits per heavy atom. The highest BCUT2D eigenvalue weighted by atomic mass is 15.3. The quantitative estimate of drug-likeness (QED) is 0.895. The molecular weight excluding hydrogens is 238 g/mol. The van der Waals surface area contributed by atoms with Crippen LogP contribution in [0.25, 0.3) is 0 Å². The van der Waals surface area contributed by atoms with Crippen LogP contribution in [0.4, 0.5) is 5.82 Å². The van der Waals surface area contributed by atoms with Crippen molar-refractivity contribution in [2.24, 2.45) is 0 Å². The van der Waals surface area contributed by atoms with Crippen molar-refractivity contribution in [2.75, 3.05) is 11.9 Å². The Hall–Kier alpha value is -1.91. The lowest BCUT2D eigenvalue weighted by Gasteiger charge is -2.19. The summed E-state index contributed by atoms with van der Waals surface area (Å²) >= 11 is 0. The molecular formula is C14H21N5. The molecule has 0 radical (unpaired) electrons. The first-order valence-electron chi connectivity index (χ1n) is 6.65. The molecule has 19 heavy (non-hydrogen) atoms. The largest absolute Gasteiger partial charge is 0.352 e. The Labute approximate surface area is 114 Å². The Kier molecular flexibility index (Phi) is 4.14. The van der Waals surface area contributed by atoms with E-state index in [9.17, 15) is 0 Å². The molecule has 0 amide bonds. The van der Waals surface area contributed by atoms with Gasteiger partial charge < -0.3 is 4.90 Å². The monoisotopic (exact) mass is 259 g/mol. The molecule has 0 saturated carbocycles. The van der Waals surface area contributed by atoms with Gasteiger partial charge in [-0.25, -0.2) is 0 Å². The summed E-state index contributed by atoms with van der Waals surface area (Å²) in [6, 6.07) is 2.12. The minimum Gasteiger partial charge on any atom is -0.352 e. The van der Waals surface area contributed by atoms with Crippen molar-refractivity contribution in [1.82, 2.24) is 20.4 Å². The first-order valence-corrected chi connectivity index (χ1v) is 6.65. The van der Waals surface area contributed by atoms with Gasteiger partial charge in [0.15, 0.2) is 5.82 Å². The van der Waals surface area contributed by atoms with Crippen LogP contribution in [0, 0.1) is 13.8 Å². The molecule has 0 bridgehead atoms. The fourth-order valence-electron chi connectivity index (χ4n) is 2.09. The molecule has 0 unspecified atom stereocenters. The first-order chi connectivity index (χ1) is 9.11. The number of nitrogens with zero attached hydrogens (tertiary/aromatic N) is 4. The van der Waals surface area contributed by atoms with Gasteiger partial charge in [-0.05, 0) is 37.5 Å². The molecule has 0 saturated heterocycles. The minimum atomic E-state index is 0.760. The van der Waals surface area contributed by atoms with Gasteiger partial charge in [-0.15, -0.1) is 5.10 Å². The average molecular weight is 259 g/mol. The van der Waals surface area contributed by atoms with Gasteiger partial charge in [-0.3, -0.25) is 5.10 Å². The highest BCUT2D eigenvalue weighted by molar-refractivity contribution is 5.47. The summed E-state index contributed by atoms with van der Waals surface area (Å²) in [5.74, 6) is 0.923. The Balaban J connectivity index is 2.11. The van der Waals surface area contributed by atoms with Crippen LogP contribution in [0.5, 0.6) is 0 Å². The van der Waals surface area contributed by atoms with Crippen molar-refractivity contribution in [3.63, 3.8) is 0 Å². The van der Waals surface area contributed by atoms with Crippen molar-refractivity contribution in [2.45, 2.75) is 40.2 Å². The van der Waals surface area contributed by atoms with Crippen LogP contribution in [-0.2, 0) is 13.0 Å². The minimum absolute atomic E-state index is 0.760. The van der Waals surface area contributed by atoms with E-state index in [1.54, 1.807) is 6.20 Å². The lowest BCUT2D eigenvalue weighted by Crippen LogP contribution is -2.20. The number of nitrogens with one attached hydrogen (secondary N) is 1. The summed E-state index contributed by atoms with van der Waals surface area (Å²) in [5.41, 5.74) is 4.56. The summed E-state index contributed by atoms with van der Waals surface area (Å²) in [4.78, 5) is 2.10. The van der Waals surface area contributed by atoms with Gasteiger partial charge in [0.25, 0.3) is 0 Å². The standard InChI is InChI=1S/C14H21N5/c1-5-6-12-7-13(17-16-12)9-19(4)14-11(3)10(2)8-15-18-14/h7-8H,5-6,9H2,1-4H3,(H,16,17). The van der Waals surface area contributed by atoms with E-state index in [2.05, 4.69) is 52.1 Å². The molecule has 102 valence electrons. The van der Waals surface area contributed by atoms with E-state index in [0.29, 0.717) is 0 Å². The number of rotatable bonds is 5. The molecule has 0 atom stereocenters. The van der Waals surface area contributed by atoms with Gasteiger partial charge in [-0.2, -0.15) is 10.2 Å². The number of H-pyrrole nitrogens is 1. The van der Waals surface area contributed by atoms with Gasteiger partial charge in [-0.1, -0.05) is 13.3 Å². The average Bonchev–Trinajstić information content (AvgIpc) is 2.80. The summed E-state index contributed by atoms with van der Waals surface area (Å²) in [5, 5.41) is 15.6. The normalized spacial score (nSPS) is 10.7. The molecule has 2 aromatic rings. The smallest absolute Gasteiger partial charge is 0.154 e. The number of aromatic nitrogens is 4. The topological polar surface area (TPSA) is 57.7 Å². The third kappa shape index (κ3) is 3.10. The molecule has 0 aliphatic rings. The van der Waals surface area contributed by atoms with Gasteiger partial charge >= 0.3 is 0 Å². The second-order valence-corrected chi connectivity index (χ2v) is 4.97. The van der Waals surface area contributed by atoms with Crippen LogP contribution in [0.3, 0.4) is 0 Å². The first kappa shape index (κ1) is 13.5. The molecule has 2 heterocycles. The number of hydrogen-bond donors (Lipinski definition) is 1. The van der Waals surface area contributed by atoms with E-state index < -0.39 is 0 Å². The van der Waals surface area contributed by atoms with Crippen molar-refractivity contribution in [3.8, 4) is 0 Å². The summed E-state index contributed by atoms with van der Waals surface area (Å²) < 4.78 is 0. The van der Waals surface area contributed by atoms with Crippen LogP contribution in [0.15, 0.2) is 12.3 Å². The maximum absolute atomic E-state index is 4.30. The van der Waals surface area contributed by atoms with Crippen LogP contribution in [0.2, 0.25) is 0 Å². The molecule has 0 aliphatic heterocycles. The van der Waals surface area contributed by atoms with E-state index >= 15 is 0 Å². The van der Waals surface area contributed by atoms with Crippen molar-refractivity contribution >= 4 is 5.82 Å². The van der Waals surface area contributed by atoms with Crippen molar-refractivity contribution < 1.29 is 0 Å². The molecule has 0 aromatic carbocycles. The zero-order valence-electron chi connectivity index (χ0n) is 12.1. The fraction of sp³-hybridized carbons (Fsp3) is 0.500. The fourth-order valence-corrected chi connectivity index (χ4v) is 2.09. The van der Waals surface area contributed by atoms with Gasteiger partial charge in [0.2, 0.25) is 0 Å². The third-order valence-electron chi connectivity index (χ3n) is 3.29. The highest BCUT2D eigenvalue weighted by Gasteiger charge is 2.10. The van der Waals surface area contributed by atoms with E-state index in [0.717, 1.165) is 42.2 Å². The summed E-state index contributed by atoms with van der Waals surface area (Å²) in [6.45, 7) is 7.05. The molecule has 1 N–H and O–H groups in total. The lowest BCUT2D eigenvalue weighted by molar-refractivity contribution is 0.819. The molecule has 2 rings (SSSR count). The van der Waals surface area contributed by atoms with E-state index in [4.69, 9.17) is 0 Å². The molecule has 2 aromatic heterocycles. The summed E-state index contributed by atoms with van der Waals surface area (Å²) in [7, 11) is 2.02. The Bertz CT molecular complexity index is 547. The van der Waals surface area contributed by atoms with Gasteiger partial charge in [0.1, 0.15) is 0 Å². The van der Waals surface area contributed by atoms with Gasteiger partial charge in [0, 0.05) is 7.05 Å². The molecule has 0 spiro atoms. The van der Waals surface area contributed by atoms with E-state index in [1.165, 1.54) is 5.56 Å². The second kappa shape index (κ2) is 5.82. The van der Waals surface area contributed by atoms with Gasteiger partial charge in [0.05, 0.1) is 24.1 Å². The van der Waals surface area contributed by atoms with E-state index in [1.807, 2.05) is 7.05 Å². The summed E-state index contributed by atoms with van der Waals surface area (Å²) in [6.07, 6.45) is 3.92. The van der Waals surface area contributed by atoms with Crippen LogP contribution >= 0.6 is 0 Å². The van der Waals surface area contributed by atoms with Crippen molar-refractivity contribution in [3.05, 3.63) is 34.8 Å². The Morgan fingerprint density at radius 3 is 2.84 bits per heavy atom. The number of aryl methyl sites for hydroxylation is 2. The SMILES string of the molecule is CCCc1cc(CN(C)c2nncc(C)c2C)[nH]n1. The number of aromatic amines is 1. The number of hydrogen-bond acceptors (Lipinski definition) is 4.